The molecule has 2 heterocycles. The van der Waals surface area contributed by atoms with Gasteiger partial charge in [-0.3, -0.25) is 4.90 Å². The number of amides is 1. The lowest BCUT2D eigenvalue weighted by molar-refractivity contribution is 0.0600. The van der Waals surface area contributed by atoms with Crippen molar-refractivity contribution in [3.63, 3.8) is 0 Å². The maximum absolute atomic E-state index is 11.8. The molecule has 0 radical (unpaired) electrons. The molecule has 3 nitrogen and oxygen atoms in total. The van der Waals surface area contributed by atoms with Crippen molar-refractivity contribution in [2.24, 2.45) is 0 Å². The van der Waals surface area contributed by atoms with Gasteiger partial charge in [0.05, 0.1) is 6.04 Å². The Hall–Kier alpha value is -1.03. The van der Waals surface area contributed by atoms with Gasteiger partial charge in [0.25, 0.3) is 0 Å². The molecule has 1 saturated heterocycles. The zero-order valence-electron chi connectivity index (χ0n) is 8.99. The molecule has 2 aliphatic heterocycles. The average Bonchev–Trinajstić information content (AvgIpc) is 2.22. The van der Waals surface area contributed by atoms with Crippen LogP contribution in [0.3, 0.4) is 0 Å². The molecule has 16 heavy (non-hydrogen) atoms. The van der Waals surface area contributed by atoms with Crippen LogP contribution in [-0.2, 0) is 4.74 Å². The van der Waals surface area contributed by atoms with E-state index in [0.717, 1.165) is 23.7 Å². The third kappa shape index (κ3) is 1.94. The lowest BCUT2D eigenvalue weighted by atomic mass is 9.97. The van der Waals surface area contributed by atoms with E-state index < -0.39 is 0 Å². The van der Waals surface area contributed by atoms with Gasteiger partial charge in [0.15, 0.2) is 0 Å². The predicted molar refractivity (Wildman–Crippen MR) is 66.1 cm³/mol. The van der Waals surface area contributed by atoms with Crippen molar-refractivity contribution in [3.05, 3.63) is 35.6 Å². The van der Waals surface area contributed by atoms with E-state index in [4.69, 9.17) is 4.74 Å². The van der Waals surface area contributed by atoms with Crippen LogP contribution in [0.4, 0.5) is 4.79 Å². The van der Waals surface area contributed by atoms with Gasteiger partial charge in [0.2, 0.25) is 0 Å². The molecule has 1 fully saturated rings. The molecule has 1 amide bonds. The minimum absolute atomic E-state index is 0.0249. The summed E-state index contributed by atoms with van der Waals surface area (Å²) in [6.07, 6.45) is 5.95. The molecule has 0 aromatic heterocycles. The van der Waals surface area contributed by atoms with Gasteiger partial charge >= 0.3 is 6.09 Å². The Morgan fingerprint density at radius 3 is 3.12 bits per heavy atom. The van der Waals surface area contributed by atoms with Crippen LogP contribution >= 0.6 is 15.9 Å². The summed E-state index contributed by atoms with van der Waals surface area (Å²) in [5.41, 5.74) is 0. The maximum atomic E-state index is 11.8. The molecule has 0 aromatic carbocycles. The van der Waals surface area contributed by atoms with Crippen LogP contribution in [0.5, 0.6) is 0 Å². The highest BCUT2D eigenvalue weighted by Gasteiger charge is 2.39. The number of hydrogen-bond donors (Lipinski definition) is 0. The standard InChI is InChI=1S/C12H14BrNO2/c1-3-4-11-10(13)6-5-9-7-8(2)16-12(15)14(9)11/h3,6,9,11H,1-2,4-5,7H2/t9-,11+/m1/s1. The van der Waals surface area contributed by atoms with E-state index in [1.54, 1.807) is 4.90 Å². The first-order chi connectivity index (χ1) is 7.63. The van der Waals surface area contributed by atoms with E-state index in [0.29, 0.717) is 5.76 Å². The van der Waals surface area contributed by atoms with Crippen LogP contribution < -0.4 is 0 Å². The summed E-state index contributed by atoms with van der Waals surface area (Å²) in [4.78, 5) is 13.6. The fourth-order valence-corrected chi connectivity index (χ4v) is 2.80. The molecule has 0 bridgehead atoms. The lowest BCUT2D eigenvalue weighted by Crippen LogP contribution is -2.52. The largest absolute Gasteiger partial charge is 0.415 e. The van der Waals surface area contributed by atoms with E-state index in [-0.39, 0.29) is 18.2 Å². The number of carbonyl (C=O) groups is 1. The van der Waals surface area contributed by atoms with Gasteiger partial charge in [-0.25, -0.2) is 4.79 Å². The summed E-state index contributed by atoms with van der Waals surface area (Å²) < 4.78 is 6.13. The third-order valence-corrected chi connectivity index (χ3v) is 3.78. The molecule has 2 aliphatic rings. The van der Waals surface area contributed by atoms with Crippen molar-refractivity contribution >= 4 is 22.0 Å². The maximum Gasteiger partial charge on any atom is 0.415 e. The first kappa shape index (κ1) is 11.5. The number of hydrogen-bond acceptors (Lipinski definition) is 2. The van der Waals surface area contributed by atoms with Gasteiger partial charge in [-0.1, -0.05) is 34.7 Å². The number of rotatable bonds is 2. The van der Waals surface area contributed by atoms with Crippen LogP contribution in [0.1, 0.15) is 19.3 Å². The number of nitrogens with zero attached hydrogens (tertiary/aromatic N) is 1. The molecule has 2 atom stereocenters. The summed E-state index contributed by atoms with van der Waals surface area (Å²) in [5.74, 6) is 0.565. The molecule has 4 heteroatoms. The van der Waals surface area contributed by atoms with Crippen LogP contribution in [0.25, 0.3) is 0 Å². The highest BCUT2D eigenvalue weighted by Crippen LogP contribution is 2.35. The van der Waals surface area contributed by atoms with Crippen molar-refractivity contribution in [2.45, 2.75) is 31.3 Å². The summed E-state index contributed by atoms with van der Waals surface area (Å²) in [6.45, 7) is 7.45. The zero-order valence-corrected chi connectivity index (χ0v) is 10.6. The second-order valence-electron chi connectivity index (χ2n) is 4.04. The average molecular weight is 284 g/mol. The fourth-order valence-electron chi connectivity index (χ4n) is 2.21. The quantitative estimate of drug-likeness (QED) is 0.728. The van der Waals surface area contributed by atoms with Gasteiger partial charge in [0.1, 0.15) is 5.76 Å². The molecular formula is C12H14BrNO2. The second-order valence-corrected chi connectivity index (χ2v) is 4.95. The number of halogens is 1. The Labute approximate surface area is 104 Å². The minimum atomic E-state index is -0.293. The summed E-state index contributed by atoms with van der Waals surface area (Å²) in [6, 6.07) is 0.205. The monoisotopic (exact) mass is 283 g/mol. The van der Waals surface area contributed by atoms with Crippen LogP contribution in [0, 0.1) is 0 Å². The summed E-state index contributed by atoms with van der Waals surface area (Å²) in [5, 5.41) is 0. The Bertz CT molecular complexity index is 375. The molecule has 0 N–H and O–H groups in total. The number of carbonyl (C=O) groups excluding carboxylic acids is 1. The van der Waals surface area contributed by atoms with E-state index in [2.05, 4.69) is 35.2 Å². The van der Waals surface area contributed by atoms with Crippen LogP contribution in [0.2, 0.25) is 0 Å². The first-order valence-electron chi connectivity index (χ1n) is 5.28. The molecule has 0 saturated carbocycles. The van der Waals surface area contributed by atoms with Gasteiger partial charge in [-0.05, 0) is 12.8 Å². The van der Waals surface area contributed by atoms with Crippen molar-refractivity contribution in [1.82, 2.24) is 4.90 Å². The Morgan fingerprint density at radius 1 is 1.69 bits per heavy atom. The summed E-state index contributed by atoms with van der Waals surface area (Å²) in [7, 11) is 0. The second kappa shape index (κ2) is 4.45. The zero-order chi connectivity index (χ0) is 11.7. The highest BCUT2D eigenvalue weighted by atomic mass is 79.9. The molecular weight excluding hydrogens is 270 g/mol. The van der Waals surface area contributed by atoms with Gasteiger partial charge in [-0.15, -0.1) is 6.58 Å². The van der Waals surface area contributed by atoms with Crippen LogP contribution in [-0.4, -0.2) is 23.1 Å². The minimum Gasteiger partial charge on any atom is -0.415 e. The number of cyclic esters (lactones) is 1. The Balaban J connectivity index is 2.28. The Morgan fingerprint density at radius 2 is 2.44 bits per heavy atom. The molecule has 2 rings (SSSR count). The molecule has 0 spiro atoms. The van der Waals surface area contributed by atoms with E-state index in [1.165, 1.54) is 0 Å². The lowest BCUT2D eigenvalue weighted by Gasteiger charge is -2.42. The molecule has 86 valence electrons. The molecule has 0 aromatic rings. The van der Waals surface area contributed by atoms with Crippen LogP contribution in [0.15, 0.2) is 35.6 Å². The number of ether oxygens (including phenoxy) is 1. The van der Waals surface area contributed by atoms with E-state index >= 15 is 0 Å². The van der Waals surface area contributed by atoms with Crippen molar-refractivity contribution in [2.75, 3.05) is 0 Å². The normalized spacial score (nSPS) is 29.3. The molecule has 0 aliphatic carbocycles. The van der Waals surface area contributed by atoms with Gasteiger partial charge < -0.3 is 4.74 Å². The predicted octanol–water partition coefficient (Wildman–Crippen LogP) is 3.34. The van der Waals surface area contributed by atoms with E-state index in [9.17, 15) is 4.79 Å². The van der Waals surface area contributed by atoms with Gasteiger partial charge in [-0.2, -0.15) is 0 Å². The fraction of sp³-hybridized carbons (Fsp3) is 0.417. The topological polar surface area (TPSA) is 29.5 Å². The van der Waals surface area contributed by atoms with Gasteiger partial charge in [0, 0.05) is 16.9 Å². The summed E-state index contributed by atoms with van der Waals surface area (Å²) >= 11 is 3.50. The van der Waals surface area contributed by atoms with Crippen molar-refractivity contribution < 1.29 is 9.53 Å². The highest BCUT2D eigenvalue weighted by molar-refractivity contribution is 9.11. The molecule has 0 unspecified atom stereocenters. The smallest absolute Gasteiger partial charge is 0.415 e. The third-order valence-electron chi connectivity index (χ3n) is 2.93. The van der Waals surface area contributed by atoms with E-state index in [1.807, 2.05) is 6.08 Å². The SMILES string of the molecule is C=CC[C@H]1C(Br)=CC[C@@H]2CC(=C)OC(=O)N21. The Kier molecular flexibility index (Phi) is 3.19. The first-order valence-corrected chi connectivity index (χ1v) is 6.07. The number of fused-ring (bicyclic) bond motifs is 1. The van der Waals surface area contributed by atoms with Crippen molar-refractivity contribution in [1.29, 1.82) is 0 Å². The van der Waals surface area contributed by atoms with Crippen molar-refractivity contribution in [3.8, 4) is 0 Å².